The first-order chi connectivity index (χ1) is 9.24. The second-order valence-corrected chi connectivity index (χ2v) is 5.02. The van der Waals surface area contributed by atoms with Crippen LogP contribution in [0.2, 0.25) is 0 Å². The first-order valence-electron chi connectivity index (χ1n) is 6.00. The quantitative estimate of drug-likeness (QED) is 0.833. The lowest BCUT2D eigenvalue weighted by molar-refractivity contribution is -0.114. The van der Waals surface area contributed by atoms with E-state index in [0.717, 1.165) is 11.3 Å². The normalized spacial score (nSPS) is 10.6. The van der Waals surface area contributed by atoms with Crippen LogP contribution in [0.15, 0.2) is 64.9 Å². The van der Waals surface area contributed by atoms with Crippen LogP contribution in [0.5, 0.6) is 0 Å². The molecule has 0 heterocycles. The number of carbonyl (C=O) groups excluding carboxylic acids is 1. The monoisotopic (exact) mass is 269 g/mol. The smallest absolute Gasteiger partial charge is 0.221 e. The Bertz CT molecular complexity index is 561. The van der Waals surface area contributed by atoms with E-state index in [-0.39, 0.29) is 5.91 Å². The van der Waals surface area contributed by atoms with Crippen molar-refractivity contribution in [1.29, 1.82) is 0 Å². The van der Waals surface area contributed by atoms with Crippen LogP contribution < -0.4 is 5.32 Å². The van der Waals surface area contributed by atoms with Gasteiger partial charge in [0.15, 0.2) is 0 Å². The van der Waals surface area contributed by atoms with Gasteiger partial charge in [-0.25, -0.2) is 0 Å². The minimum absolute atomic E-state index is 0.0528. The van der Waals surface area contributed by atoms with Crippen molar-refractivity contribution in [2.45, 2.75) is 11.8 Å². The Labute approximate surface area is 117 Å². The van der Waals surface area contributed by atoms with Crippen LogP contribution in [0.4, 0.5) is 5.69 Å². The Balaban J connectivity index is 1.94. The van der Waals surface area contributed by atoms with Gasteiger partial charge in [0.2, 0.25) is 5.91 Å². The molecule has 2 rings (SSSR count). The predicted octanol–water partition coefficient (Wildman–Crippen LogP) is 4.41. The third-order valence-electron chi connectivity index (χ3n) is 2.44. The molecular formula is C16H15NOS. The van der Waals surface area contributed by atoms with E-state index in [9.17, 15) is 4.79 Å². The maximum atomic E-state index is 10.9. The summed E-state index contributed by atoms with van der Waals surface area (Å²) in [5.41, 5.74) is 1.93. The summed E-state index contributed by atoms with van der Waals surface area (Å²) >= 11 is 1.68. The van der Waals surface area contributed by atoms with Gasteiger partial charge in [0.1, 0.15) is 0 Å². The topological polar surface area (TPSA) is 29.1 Å². The number of benzene rings is 2. The number of carbonyl (C=O) groups is 1. The van der Waals surface area contributed by atoms with Crippen molar-refractivity contribution in [1.82, 2.24) is 0 Å². The molecule has 0 bridgehead atoms. The van der Waals surface area contributed by atoms with Crippen molar-refractivity contribution in [3.63, 3.8) is 0 Å². The zero-order chi connectivity index (χ0) is 13.5. The standard InChI is InChI=1S/C16H15NOS/c1-13(18)17-15-9-7-14(8-10-15)11-12-19-16-5-3-2-4-6-16/h2-12H,1H3,(H,17,18)/b12-11+. The van der Waals surface area contributed by atoms with Gasteiger partial charge in [-0.1, -0.05) is 42.1 Å². The predicted molar refractivity (Wildman–Crippen MR) is 82.1 cm³/mol. The fourth-order valence-electron chi connectivity index (χ4n) is 1.57. The lowest BCUT2D eigenvalue weighted by Gasteiger charge is -2.01. The lowest BCUT2D eigenvalue weighted by atomic mass is 10.2. The highest BCUT2D eigenvalue weighted by atomic mass is 32.2. The second kappa shape index (κ2) is 6.81. The van der Waals surface area contributed by atoms with Crippen LogP contribution in [0.1, 0.15) is 12.5 Å². The molecule has 0 aliphatic heterocycles. The average molecular weight is 269 g/mol. The third kappa shape index (κ3) is 4.64. The van der Waals surface area contributed by atoms with E-state index in [1.807, 2.05) is 42.5 Å². The number of rotatable bonds is 4. The molecule has 0 aliphatic rings. The van der Waals surface area contributed by atoms with Crippen LogP contribution in [0.3, 0.4) is 0 Å². The molecule has 2 aromatic carbocycles. The van der Waals surface area contributed by atoms with Gasteiger partial charge in [-0.15, -0.1) is 0 Å². The van der Waals surface area contributed by atoms with Gasteiger partial charge in [-0.05, 0) is 41.3 Å². The summed E-state index contributed by atoms with van der Waals surface area (Å²) in [5, 5.41) is 4.80. The maximum Gasteiger partial charge on any atom is 0.221 e. The molecule has 0 unspecified atom stereocenters. The molecule has 1 amide bonds. The summed E-state index contributed by atoms with van der Waals surface area (Å²) in [7, 11) is 0. The highest BCUT2D eigenvalue weighted by molar-refractivity contribution is 8.02. The number of anilines is 1. The molecule has 2 aromatic rings. The van der Waals surface area contributed by atoms with Gasteiger partial charge in [-0.2, -0.15) is 0 Å². The van der Waals surface area contributed by atoms with Gasteiger partial charge in [0.05, 0.1) is 0 Å². The van der Waals surface area contributed by atoms with Gasteiger partial charge in [-0.3, -0.25) is 4.79 Å². The van der Waals surface area contributed by atoms with Crippen molar-refractivity contribution >= 4 is 29.4 Å². The van der Waals surface area contributed by atoms with Crippen LogP contribution >= 0.6 is 11.8 Å². The van der Waals surface area contributed by atoms with Gasteiger partial charge in [0, 0.05) is 17.5 Å². The molecule has 0 saturated carbocycles. The van der Waals surface area contributed by atoms with E-state index in [1.165, 1.54) is 11.8 Å². The highest BCUT2D eigenvalue weighted by Crippen LogP contribution is 2.20. The zero-order valence-electron chi connectivity index (χ0n) is 10.7. The van der Waals surface area contributed by atoms with Crippen molar-refractivity contribution in [2.75, 3.05) is 5.32 Å². The molecule has 0 aromatic heterocycles. The van der Waals surface area contributed by atoms with Crippen LogP contribution in [0.25, 0.3) is 6.08 Å². The first kappa shape index (κ1) is 13.4. The number of hydrogen-bond donors (Lipinski definition) is 1. The number of thioether (sulfide) groups is 1. The minimum Gasteiger partial charge on any atom is -0.326 e. The Morgan fingerprint density at radius 3 is 2.37 bits per heavy atom. The van der Waals surface area contributed by atoms with E-state index in [4.69, 9.17) is 0 Å². The van der Waals surface area contributed by atoms with E-state index < -0.39 is 0 Å². The second-order valence-electron chi connectivity index (χ2n) is 4.04. The van der Waals surface area contributed by atoms with E-state index >= 15 is 0 Å². The Kier molecular flexibility index (Phi) is 4.81. The summed E-state index contributed by atoms with van der Waals surface area (Å²) in [6, 6.07) is 18.0. The fourth-order valence-corrected chi connectivity index (χ4v) is 2.27. The number of hydrogen-bond acceptors (Lipinski definition) is 2. The maximum absolute atomic E-state index is 10.9. The Hall–Kier alpha value is -2.00. The summed E-state index contributed by atoms with van der Waals surface area (Å²) in [4.78, 5) is 12.1. The zero-order valence-corrected chi connectivity index (χ0v) is 11.5. The molecule has 3 heteroatoms. The summed E-state index contributed by atoms with van der Waals surface area (Å²) in [6.45, 7) is 1.50. The van der Waals surface area contributed by atoms with Gasteiger partial charge >= 0.3 is 0 Å². The fraction of sp³-hybridized carbons (Fsp3) is 0.0625. The van der Waals surface area contributed by atoms with Crippen LogP contribution in [-0.4, -0.2) is 5.91 Å². The van der Waals surface area contributed by atoms with Crippen LogP contribution in [0, 0.1) is 0 Å². The van der Waals surface area contributed by atoms with E-state index in [2.05, 4.69) is 28.9 Å². The SMILES string of the molecule is CC(=O)Nc1ccc(/C=C/Sc2ccccc2)cc1. The molecule has 0 atom stereocenters. The molecule has 2 nitrogen and oxygen atoms in total. The molecule has 19 heavy (non-hydrogen) atoms. The van der Waals surface area contributed by atoms with E-state index in [0.29, 0.717) is 0 Å². The van der Waals surface area contributed by atoms with Crippen molar-refractivity contribution in [3.05, 3.63) is 65.6 Å². The third-order valence-corrected chi connectivity index (χ3v) is 3.26. The van der Waals surface area contributed by atoms with Crippen molar-refractivity contribution in [2.24, 2.45) is 0 Å². The molecule has 0 fully saturated rings. The summed E-state index contributed by atoms with van der Waals surface area (Å²) in [6.07, 6.45) is 2.05. The van der Waals surface area contributed by atoms with Crippen LogP contribution in [-0.2, 0) is 4.79 Å². The van der Waals surface area contributed by atoms with Gasteiger partial charge in [0.25, 0.3) is 0 Å². The summed E-state index contributed by atoms with van der Waals surface area (Å²) < 4.78 is 0. The Morgan fingerprint density at radius 2 is 1.74 bits per heavy atom. The molecular weight excluding hydrogens is 254 g/mol. The average Bonchev–Trinajstić information content (AvgIpc) is 2.41. The summed E-state index contributed by atoms with van der Waals surface area (Å²) in [5.74, 6) is -0.0528. The van der Waals surface area contributed by atoms with Crippen molar-refractivity contribution in [3.8, 4) is 0 Å². The Morgan fingerprint density at radius 1 is 1.05 bits per heavy atom. The molecule has 96 valence electrons. The van der Waals surface area contributed by atoms with E-state index in [1.54, 1.807) is 11.8 Å². The lowest BCUT2D eigenvalue weighted by Crippen LogP contribution is -2.05. The minimum atomic E-state index is -0.0528. The molecule has 0 radical (unpaired) electrons. The molecule has 0 aliphatic carbocycles. The molecule has 1 N–H and O–H groups in total. The first-order valence-corrected chi connectivity index (χ1v) is 6.88. The number of nitrogens with one attached hydrogen (secondary N) is 1. The largest absolute Gasteiger partial charge is 0.326 e. The van der Waals surface area contributed by atoms with Crippen molar-refractivity contribution < 1.29 is 4.79 Å². The number of amides is 1. The molecule has 0 saturated heterocycles. The highest BCUT2D eigenvalue weighted by Gasteiger charge is 1.94. The molecule has 0 spiro atoms. The van der Waals surface area contributed by atoms with Gasteiger partial charge < -0.3 is 5.32 Å².